The first-order valence-electron chi connectivity index (χ1n) is 8.27. The van der Waals surface area contributed by atoms with E-state index in [1.54, 1.807) is 7.11 Å². The predicted molar refractivity (Wildman–Crippen MR) is 92.2 cm³/mol. The van der Waals surface area contributed by atoms with Crippen LogP contribution in [0.4, 0.5) is 0 Å². The van der Waals surface area contributed by atoms with Gasteiger partial charge in [0.1, 0.15) is 5.75 Å². The molecule has 0 saturated heterocycles. The Hall–Kier alpha value is -2.55. The van der Waals surface area contributed by atoms with Crippen molar-refractivity contribution in [1.29, 1.82) is 0 Å². The fourth-order valence-corrected chi connectivity index (χ4v) is 4.65. The van der Waals surface area contributed by atoms with E-state index in [1.807, 2.05) is 42.5 Å². The van der Waals surface area contributed by atoms with Crippen LogP contribution in [0.15, 0.2) is 66.7 Å². The maximum atomic E-state index is 12.2. The van der Waals surface area contributed by atoms with Crippen LogP contribution >= 0.6 is 0 Å². The first-order chi connectivity index (χ1) is 11.7. The molecule has 4 unspecified atom stereocenters. The summed E-state index contributed by atoms with van der Waals surface area (Å²) in [4.78, 5) is 12.2. The zero-order valence-corrected chi connectivity index (χ0v) is 13.6. The van der Waals surface area contributed by atoms with Crippen LogP contribution in [0.1, 0.15) is 23.5 Å². The highest BCUT2D eigenvalue weighted by Gasteiger charge is 2.59. The van der Waals surface area contributed by atoms with E-state index in [1.165, 1.54) is 0 Å². The molecule has 1 saturated carbocycles. The highest BCUT2D eigenvalue weighted by molar-refractivity contribution is 5.77. The number of hydrogen-bond donors (Lipinski definition) is 1. The molecule has 0 amide bonds. The summed E-state index contributed by atoms with van der Waals surface area (Å²) in [6.07, 6.45) is 5.19. The molecule has 4 atom stereocenters. The van der Waals surface area contributed by atoms with Gasteiger partial charge in [-0.1, -0.05) is 54.6 Å². The van der Waals surface area contributed by atoms with Gasteiger partial charge in [0.05, 0.1) is 13.0 Å². The molecule has 2 aliphatic carbocycles. The molecule has 3 heteroatoms. The number of ether oxygens (including phenoxy) is 1. The zero-order chi connectivity index (χ0) is 16.7. The second kappa shape index (κ2) is 5.52. The van der Waals surface area contributed by atoms with Crippen LogP contribution in [-0.4, -0.2) is 18.2 Å². The van der Waals surface area contributed by atoms with Crippen molar-refractivity contribution in [1.82, 2.24) is 0 Å². The Morgan fingerprint density at radius 2 is 1.83 bits per heavy atom. The normalized spacial score (nSPS) is 30.5. The lowest BCUT2D eigenvalue weighted by Crippen LogP contribution is -2.37. The van der Waals surface area contributed by atoms with Crippen molar-refractivity contribution in [3.05, 3.63) is 77.9 Å². The fourth-order valence-electron chi connectivity index (χ4n) is 4.65. The quantitative estimate of drug-likeness (QED) is 0.866. The predicted octanol–water partition coefficient (Wildman–Crippen LogP) is 4.01. The molecule has 24 heavy (non-hydrogen) atoms. The number of carbonyl (C=O) groups is 1. The van der Waals surface area contributed by atoms with Gasteiger partial charge in [0.15, 0.2) is 0 Å². The maximum absolute atomic E-state index is 12.2. The lowest BCUT2D eigenvalue weighted by atomic mass is 9.68. The summed E-state index contributed by atoms with van der Waals surface area (Å²) in [6.45, 7) is 0. The maximum Gasteiger partial charge on any atom is 0.308 e. The lowest BCUT2D eigenvalue weighted by molar-refractivity contribution is -0.143. The lowest BCUT2D eigenvalue weighted by Gasteiger charge is -2.34. The van der Waals surface area contributed by atoms with Crippen molar-refractivity contribution in [2.45, 2.75) is 17.8 Å². The van der Waals surface area contributed by atoms with E-state index < -0.39 is 17.3 Å². The van der Waals surface area contributed by atoms with Crippen molar-refractivity contribution in [2.75, 3.05) is 7.11 Å². The van der Waals surface area contributed by atoms with Crippen molar-refractivity contribution >= 4 is 5.97 Å². The average molecular weight is 320 g/mol. The molecule has 2 aliphatic rings. The van der Waals surface area contributed by atoms with Gasteiger partial charge < -0.3 is 9.84 Å². The number of allylic oxidation sites excluding steroid dienone is 2. The smallest absolute Gasteiger partial charge is 0.308 e. The molecule has 0 heterocycles. The van der Waals surface area contributed by atoms with Crippen molar-refractivity contribution in [3.8, 4) is 5.75 Å². The van der Waals surface area contributed by atoms with Crippen LogP contribution in [0, 0.1) is 11.8 Å². The van der Waals surface area contributed by atoms with Gasteiger partial charge in [-0.2, -0.15) is 0 Å². The molecule has 2 aromatic rings. The molecule has 2 aromatic carbocycles. The number of methoxy groups -OCH3 is 1. The molecular weight excluding hydrogens is 300 g/mol. The molecule has 122 valence electrons. The summed E-state index contributed by atoms with van der Waals surface area (Å²) in [5.41, 5.74) is 1.76. The Bertz CT molecular complexity index is 778. The fraction of sp³-hybridized carbons (Fsp3) is 0.286. The molecule has 0 spiro atoms. The number of carboxylic acids is 1. The van der Waals surface area contributed by atoms with Gasteiger partial charge in [-0.15, -0.1) is 0 Å². The minimum atomic E-state index is -0.716. The number of rotatable bonds is 4. The highest BCUT2D eigenvalue weighted by atomic mass is 16.5. The van der Waals surface area contributed by atoms with Crippen LogP contribution < -0.4 is 4.74 Å². The standard InChI is InChI=1S/C21H20O3/c1-24-17-9-7-16(8-10-17)21-12-11-15(13-21)18(19(21)20(22)23)14-5-3-2-4-6-14/h2-12,15,18-19H,13H2,1H3,(H,22,23). The van der Waals surface area contributed by atoms with Gasteiger partial charge in [0.25, 0.3) is 0 Å². The Morgan fingerprint density at radius 1 is 1.12 bits per heavy atom. The highest BCUT2D eigenvalue weighted by Crippen LogP contribution is 2.61. The summed E-state index contributed by atoms with van der Waals surface area (Å²) in [6, 6.07) is 17.9. The summed E-state index contributed by atoms with van der Waals surface area (Å²) < 4.78 is 5.24. The Kier molecular flexibility index (Phi) is 3.45. The minimum Gasteiger partial charge on any atom is -0.497 e. The molecule has 0 radical (unpaired) electrons. The van der Waals surface area contributed by atoms with E-state index in [0.717, 1.165) is 23.3 Å². The summed E-state index contributed by atoms with van der Waals surface area (Å²) in [5.74, 6) is -0.0700. The number of benzene rings is 2. The Morgan fingerprint density at radius 3 is 2.46 bits per heavy atom. The number of fused-ring (bicyclic) bond motifs is 2. The van der Waals surface area contributed by atoms with Gasteiger partial charge in [-0.05, 0) is 35.6 Å². The average Bonchev–Trinajstić information content (AvgIpc) is 3.20. The van der Waals surface area contributed by atoms with Gasteiger partial charge in [-0.3, -0.25) is 4.79 Å². The van der Waals surface area contributed by atoms with Gasteiger partial charge in [-0.25, -0.2) is 0 Å². The molecule has 1 N–H and O–H groups in total. The molecule has 0 aromatic heterocycles. The van der Waals surface area contributed by atoms with Crippen molar-refractivity contribution in [3.63, 3.8) is 0 Å². The summed E-state index contributed by atoms with van der Waals surface area (Å²) in [5, 5.41) is 10.0. The molecule has 3 nitrogen and oxygen atoms in total. The van der Waals surface area contributed by atoms with Crippen LogP contribution in [0.25, 0.3) is 0 Å². The topological polar surface area (TPSA) is 46.5 Å². The van der Waals surface area contributed by atoms with Crippen LogP contribution in [-0.2, 0) is 10.2 Å². The number of aliphatic carboxylic acids is 1. The third-order valence-corrected chi connectivity index (χ3v) is 5.67. The first-order valence-corrected chi connectivity index (χ1v) is 8.27. The molecule has 4 rings (SSSR count). The molecule has 1 fully saturated rings. The minimum absolute atomic E-state index is 0.0239. The van der Waals surface area contributed by atoms with Crippen LogP contribution in [0.5, 0.6) is 5.75 Å². The SMILES string of the molecule is COc1ccc(C23C=CC(C2)C(c2ccccc2)C3C(=O)O)cc1. The molecule has 0 aliphatic heterocycles. The van der Waals surface area contributed by atoms with E-state index >= 15 is 0 Å². The number of hydrogen-bond acceptors (Lipinski definition) is 2. The van der Waals surface area contributed by atoms with Crippen LogP contribution in [0.3, 0.4) is 0 Å². The Labute approximate surface area is 141 Å². The van der Waals surface area contributed by atoms with E-state index in [-0.39, 0.29) is 11.8 Å². The van der Waals surface area contributed by atoms with E-state index in [4.69, 9.17) is 4.74 Å². The van der Waals surface area contributed by atoms with E-state index in [0.29, 0.717) is 0 Å². The van der Waals surface area contributed by atoms with Crippen molar-refractivity contribution < 1.29 is 14.6 Å². The third kappa shape index (κ3) is 2.08. The largest absolute Gasteiger partial charge is 0.497 e. The molecular formula is C21H20O3. The van der Waals surface area contributed by atoms with Crippen molar-refractivity contribution in [2.24, 2.45) is 11.8 Å². The third-order valence-electron chi connectivity index (χ3n) is 5.67. The summed E-state index contributed by atoms with van der Waals surface area (Å²) >= 11 is 0. The van der Waals surface area contributed by atoms with Crippen LogP contribution in [0.2, 0.25) is 0 Å². The van der Waals surface area contributed by atoms with Gasteiger partial charge in [0.2, 0.25) is 0 Å². The monoisotopic (exact) mass is 320 g/mol. The first kappa shape index (κ1) is 15.0. The van der Waals surface area contributed by atoms with E-state index in [9.17, 15) is 9.90 Å². The van der Waals surface area contributed by atoms with Gasteiger partial charge in [0, 0.05) is 11.3 Å². The second-order valence-electron chi connectivity index (χ2n) is 6.75. The zero-order valence-electron chi connectivity index (χ0n) is 13.6. The summed E-state index contributed by atoms with van der Waals surface area (Å²) in [7, 11) is 1.64. The van der Waals surface area contributed by atoms with E-state index in [2.05, 4.69) is 24.3 Å². The second-order valence-corrected chi connectivity index (χ2v) is 6.75. The van der Waals surface area contributed by atoms with Gasteiger partial charge >= 0.3 is 5.97 Å². The Balaban J connectivity index is 1.80. The molecule has 2 bridgehead atoms. The number of carboxylic acid groups (broad SMARTS) is 1.